The lowest BCUT2D eigenvalue weighted by atomic mass is 10.3. The van der Waals surface area contributed by atoms with Crippen LogP contribution >= 0.6 is 15.9 Å². The maximum absolute atomic E-state index is 11.3. The van der Waals surface area contributed by atoms with E-state index in [4.69, 9.17) is 10.00 Å². The molecule has 0 aliphatic heterocycles. The Morgan fingerprint density at radius 2 is 2.25 bits per heavy atom. The van der Waals surface area contributed by atoms with Crippen LogP contribution in [0.1, 0.15) is 0 Å². The molecular weight excluding hydrogens is 296 g/mol. The van der Waals surface area contributed by atoms with E-state index in [2.05, 4.69) is 20.7 Å². The molecule has 0 fully saturated rings. The van der Waals surface area contributed by atoms with Gasteiger partial charge in [-0.05, 0) is 34.1 Å². The number of benzene rings is 1. The molecule has 0 radical (unpaired) electrons. The van der Waals surface area contributed by atoms with Crippen LogP contribution in [0.3, 0.4) is 0 Å². The lowest BCUT2D eigenvalue weighted by Gasteiger charge is -2.07. The first kappa shape index (κ1) is 12.8. The number of methoxy groups -OCH3 is 1. The van der Waals surface area contributed by atoms with Gasteiger partial charge in [0.1, 0.15) is 5.75 Å². The number of nitrogens with zero attached hydrogens (tertiary/aromatic N) is 1. The van der Waals surface area contributed by atoms with Crippen molar-refractivity contribution in [3.63, 3.8) is 0 Å². The van der Waals surface area contributed by atoms with Crippen molar-refractivity contribution in [2.45, 2.75) is 0 Å². The molecular formula is C9H9BrN2O3S. The minimum atomic E-state index is -3.59. The molecule has 0 bridgehead atoms. The summed E-state index contributed by atoms with van der Waals surface area (Å²) >= 11 is 3.23. The van der Waals surface area contributed by atoms with Crippen molar-refractivity contribution in [2.24, 2.45) is 0 Å². The summed E-state index contributed by atoms with van der Waals surface area (Å²) < 4.78 is 30.5. The molecule has 0 saturated carbocycles. The minimum Gasteiger partial charge on any atom is -0.496 e. The van der Waals surface area contributed by atoms with Crippen LogP contribution < -0.4 is 9.46 Å². The summed E-state index contributed by atoms with van der Waals surface area (Å²) in [4.78, 5) is 0. The van der Waals surface area contributed by atoms with Crippen molar-refractivity contribution in [2.75, 3.05) is 17.6 Å². The fraction of sp³-hybridized carbons (Fsp3) is 0.222. The van der Waals surface area contributed by atoms with Crippen LogP contribution in [0.15, 0.2) is 22.7 Å². The molecule has 0 atom stereocenters. The van der Waals surface area contributed by atoms with E-state index in [-0.39, 0.29) is 0 Å². The summed E-state index contributed by atoms with van der Waals surface area (Å²) in [7, 11) is -2.08. The summed E-state index contributed by atoms with van der Waals surface area (Å²) in [5.74, 6) is 0.0274. The summed E-state index contributed by atoms with van der Waals surface area (Å²) in [6, 6.07) is 6.32. The number of anilines is 1. The molecule has 7 heteroatoms. The van der Waals surface area contributed by atoms with Crippen LogP contribution in [0, 0.1) is 11.3 Å². The maximum atomic E-state index is 11.3. The molecule has 0 aliphatic rings. The second-order valence-corrected chi connectivity index (χ2v) is 5.45. The predicted molar refractivity (Wildman–Crippen MR) is 63.7 cm³/mol. The first-order chi connectivity index (χ1) is 7.48. The average molecular weight is 305 g/mol. The minimum absolute atomic E-state index is 0.378. The van der Waals surface area contributed by atoms with E-state index in [1.165, 1.54) is 7.11 Å². The van der Waals surface area contributed by atoms with Crippen molar-refractivity contribution < 1.29 is 13.2 Å². The number of sulfonamides is 1. The van der Waals surface area contributed by atoms with Gasteiger partial charge in [0.05, 0.1) is 17.7 Å². The number of halogens is 1. The van der Waals surface area contributed by atoms with Crippen LogP contribution in [0.25, 0.3) is 0 Å². The second-order valence-electron chi connectivity index (χ2n) is 2.87. The molecule has 0 amide bonds. The summed E-state index contributed by atoms with van der Waals surface area (Å²) in [6.07, 6.45) is 0. The Labute approximate surface area is 102 Å². The maximum Gasteiger partial charge on any atom is 0.246 e. The molecule has 1 aromatic carbocycles. The van der Waals surface area contributed by atoms with Crippen LogP contribution in [-0.2, 0) is 10.0 Å². The van der Waals surface area contributed by atoms with E-state index in [1.54, 1.807) is 24.3 Å². The second kappa shape index (κ2) is 5.18. The highest BCUT2D eigenvalue weighted by Gasteiger charge is 2.10. The normalized spacial score (nSPS) is 10.6. The van der Waals surface area contributed by atoms with E-state index in [0.29, 0.717) is 15.9 Å². The molecule has 0 aromatic heterocycles. The number of rotatable bonds is 4. The molecule has 0 heterocycles. The fourth-order valence-electron chi connectivity index (χ4n) is 1.03. The Bertz CT molecular complexity index is 522. The zero-order valence-corrected chi connectivity index (χ0v) is 10.8. The number of nitriles is 1. The van der Waals surface area contributed by atoms with Gasteiger partial charge in [0.2, 0.25) is 10.0 Å². The zero-order chi connectivity index (χ0) is 12.2. The molecule has 5 nitrogen and oxygen atoms in total. The van der Waals surface area contributed by atoms with E-state index >= 15 is 0 Å². The van der Waals surface area contributed by atoms with Gasteiger partial charge < -0.3 is 4.74 Å². The highest BCUT2D eigenvalue weighted by molar-refractivity contribution is 9.10. The Kier molecular flexibility index (Phi) is 4.15. The number of nitrogens with one attached hydrogen (secondary N) is 1. The van der Waals surface area contributed by atoms with Gasteiger partial charge in [0.25, 0.3) is 0 Å². The van der Waals surface area contributed by atoms with Gasteiger partial charge >= 0.3 is 0 Å². The van der Waals surface area contributed by atoms with E-state index in [0.717, 1.165) is 0 Å². The Morgan fingerprint density at radius 3 is 2.75 bits per heavy atom. The Morgan fingerprint density at radius 1 is 1.56 bits per heavy atom. The SMILES string of the molecule is COc1ccc(NS(=O)(=O)CC#N)cc1Br. The summed E-state index contributed by atoms with van der Waals surface area (Å²) in [5, 5.41) is 8.32. The average Bonchev–Trinajstić information content (AvgIpc) is 2.17. The lowest BCUT2D eigenvalue weighted by Crippen LogP contribution is -2.15. The van der Waals surface area contributed by atoms with Gasteiger partial charge in [-0.2, -0.15) is 5.26 Å². The molecule has 1 aromatic rings. The van der Waals surface area contributed by atoms with Crippen molar-refractivity contribution in [3.05, 3.63) is 22.7 Å². The van der Waals surface area contributed by atoms with Crippen LogP contribution in [0.2, 0.25) is 0 Å². The molecule has 0 spiro atoms. The first-order valence-corrected chi connectivity index (χ1v) is 6.64. The quantitative estimate of drug-likeness (QED) is 0.918. The van der Waals surface area contributed by atoms with Gasteiger partial charge in [-0.25, -0.2) is 8.42 Å². The van der Waals surface area contributed by atoms with E-state index in [9.17, 15) is 8.42 Å². The third-order valence-corrected chi connectivity index (χ3v) is 3.36. The van der Waals surface area contributed by atoms with Crippen LogP contribution in [0.4, 0.5) is 5.69 Å². The third kappa shape index (κ3) is 3.40. The molecule has 16 heavy (non-hydrogen) atoms. The zero-order valence-electron chi connectivity index (χ0n) is 8.40. The summed E-state index contributed by atoms with van der Waals surface area (Å²) in [5.41, 5.74) is 0.378. The predicted octanol–water partition coefficient (Wildman–Crippen LogP) is 1.72. The van der Waals surface area contributed by atoms with Crippen molar-refractivity contribution in [3.8, 4) is 11.8 Å². The fourth-order valence-corrected chi connectivity index (χ4v) is 2.30. The highest BCUT2D eigenvalue weighted by Crippen LogP contribution is 2.28. The molecule has 86 valence electrons. The number of ether oxygens (including phenoxy) is 1. The highest BCUT2D eigenvalue weighted by atomic mass is 79.9. The van der Waals surface area contributed by atoms with E-state index < -0.39 is 15.8 Å². The van der Waals surface area contributed by atoms with Gasteiger partial charge in [-0.15, -0.1) is 0 Å². The molecule has 1 N–H and O–H groups in total. The number of hydrogen-bond donors (Lipinski definition) is 1. The standard InChI is InChI=1S/C9H9BrN2O3S/c1-15-9-3-2-7(6-8(9)10)12-16(13,14)5-4-11/h2-3,6,12H,5H2,1H3. The number of hydrogen-bond acceptors (Lipinski definition) is 4. The first-order valence-electron chi connectivity index (χ1n) is 4.19. The smallest absolute Gasteiger partial charge is 0.246 e. The molecule has 0 saturated heterocycles. The van der Waals surface area contributed by atoms with Crippen molar-refractivity contribution in [1.82, 2.24) is 0 Å². The van der Waals surface area contributed by atoms with Gasteiger partial charge in [0.15, 0.2) is 5.75 Å². The largest absolute Gasteiger partial charge is 0.496 e. The molecule has 0 aliphatic carbocycles. The molecule has 0 unspecified atom stereocenters. The van der Waals surface area contributed by atoms with Gasteiger partial charge in [-0.1, -0.05) is 0 Å². The van der Waals surface area contributed by atoms with Crippen LogP contribution in [0.5, 0.6) is 5.75 Å². The van der Waals surface area contributed by atoms with Crippen molar-refractivity contribution in [1.29, 1.82) is 5.26 Å². The summed E-state index contributed by atoms with van der Waals surface area (Å²) in [6.45, 7) is 0. The Hall–Kier alpha value is -1.26. The van der Waals surface area contributed by atoms with Crippen LogP contribution in [-0.4, -0.2) is 21.3 Å². The van der Waals surface area contributed by atoms with Crippen molar-refractivity contribution >= 4 is 31.6 Å². The van der Waals surface area contributed by atoms with Gasteiger partial charge in [0, 0.05) is 5.69 Å². The van der Waals surface area contributed by atoms with Gasteiger partial charge in [-0.3, -0.25) is 4.72 Å². The topological polar surface area (TPSA) is 79.2 Å². The monoisotopic (exact) mass is 304 g/mol. The Balaban J connectivity index is 2.92. The lowest BCUT2D eigenvalue weighted by molar-refractivity contribution is 0.412. The van der Waals surface area contributed by atoms with E-state index in [1.807, 2.05) is 0 Å². The third-order valence-electron chi connectivity index (χ3n) is 1.68. The molecule has 1 rings (SSSR count).